The molecule has 20 heavy (non-hydrogen) atoms. The highest BCUT2D eigenvalue weighted by Gasteiger charge is 2.28. The Bertz CT molecular complexity index is 829. The first kappa shape index (κ1) is 11.1. The molecule has 4 rings (SSSR count). The maximum Gasteiger partial charge on any atom is 0.260 e. The molecule has 1 aromatic carbocycles. The van der Waals surface area contributed by atoms with Crippen molar-refractivity contribution in [2.45, 2.75) is 6.54 Å². The maximum atomic E-state index is 12.4. The van der Waals surface area contributed by atoms with Gasteiger partial charge in [-0.05, 0) is 35.9 Å². The topological polar surface area (TPSA) is 46.1 Å². The van der Waals surface area contributed by atoms with E-state index in [1.54, 1.807) is 11.1 Å². The van der Waals surface area contributed by atoms with E-state index in [1.807, 2.05) is 48.5 Å². The lowest BCUT2D eigenvalue weighted by molar-refractivity contribution is 0.0996. The zero-order valence-electron chi connectivity index (χ0n) is 10.7. The lowest BCUT2D eigenvalue weighted by Gasteiger charge is -2.14. The van der Waals surface area contributed by atoms with Crippen LogP contribution in [0.4, 0.5) is 5.82 Å². The normalized spacial score (nSPS) is 13.8. The van der Waals surface area contributed by atoms with Crippen LogP contribution < -0.4 is 4.90 Å². The van der Waals surface area contributed by atoms with Gasteiger partial charge < -0.3 is 0 Å². The summed E-state index contributed by atoms with van der Waals surface area (Å²) >= 11 is 0. The number of rotatable bonds is 1. The molecule has 1 aliphatic rings. The number of pyridine rings is 2. The predicted octanol–water partition coefficient (Wildman–Crippen LogP) is 2.79. The lowest BCUT2D eigenvalue weighted by Crippen LogP contribution is -2.24. The van der Waals surface area contributed by atoms with Gasteiger partial charge in [-0.2, -0.15) is 0 Å². The van der Waals surface area contributed by atoms with Crippen LogP contribution in [0, 0.1) is 0 Å². The summed E-state index contributed by atoms with van der Waals surface area (Å²) in [6, 6.07) is 15.3. The summed E-state index contributed by atoms with van der Waals surface area (Å²) in [5.74, 6) is 0.654. The van der Waals surface area contributed by atoms with E-state index >= 15 is 0 Å². The first-order valence-electron chi connectivity index (χ1n) is 6.44. The van der Waals surface area contributed by atoms with Crippen LogP contribution in [0.15, 0.2) is 54.7 Å². The second-order valence-electron chi connectivity index (χ2n) is 4.77. The van der Waals surface area contributed by atoms with Gasteiger partial charge in [0.05, 0.1) is 6.54 Å². The molecule has 1 aliphatic heterocycles. The fourth-order valence-corrected chi connectivity index (χ4v) is 2.53. The Kier molecular flexibility index (Phi) is 2.29. The molecule has 0 bridgehead atoms. The number of fused-ring (bicyclic) bond motifs is 2. The Morgan fingerprint density at radius 3 is 2.80 bits per heavy atom. The zero-order valence-corrected chi connectivity index (χ0v) is 10.7. The van der Waals surface area contributed by atoms with E-state index in [9.17, 15) is 4.79 Å². The van der Waals surface area contributed by atoms with E-state index in [1.165, 1.54) is 0 Å². The van der Waals surface area contributed by atoms with Crippen LogP contribution >= 0.6 is 0 Å². The molecular weight excluding hydrogens is 250 g/mol. The minimum absolute atomic E-state index is 0.00313. The fourth-order valence-electron chi connectivity index (χ4n) is 2.53. The minimum atomic E-state index is 0.00313. The molecule has 0 fully saturated rings. The Hall–Kier alpha value is -2.75. The van der Waals surface area contributed by atoms with Crippen LogP contribution in [0.5, 0.6) is 0 Å². The van der Waals surface area contributed by atoms with Crippen molar-refractivity contribution in [1.82, 2.24) is 9.97 Å². The summed E-state index contributed by atoms with van der Waals surface area (Å²) in [7, 11) is 0. The summed E-state index contributed by atoms with van der Waals surface area (Å²) in [5, 5.41) is 0.973. The van der Waals surface area contributed by atoms with Crippen molar-refractivity contribution in [3.05, 3.63) is 65.9 Å². The number of benzene rings is 1. The van der Waals surface area contributed by atoms with Crippen molar-refractivity contribution in [2.24, 2.45) is 0 Å². The molecule has 2 aromatic heterocycles. The van der Waals surface area contributed by atoms with Crippen LogP contribution in [0.25, 0.3) is 11.0 Å². The highest BCUT2D eigenvalue weighted by molar-refractivity contribution is 6.09. The number of aromatic nitrogens is 2. The number of hydrogen-bond donors (Lipinski definition) is 0. The maximum absolute atomic E-state index is 12.4. The zero-order chi connectivity index (χ0) is 13.5. The molecule has 4 nitrogen and oxygen atoms in total. The summed E-state index contributed by atoms with van der Waals surface area (Å²) < 4.78 is 0. The fraction of sp³-hybridized carbons (Fsp3) is 0.0625. The van der Waals surface area contributed by atoms with Gasteiger partial charge in [0.25, 0.3) is 5.91 Å². The quantitative estimate of drug-likeness (QED) is 0.676. The van der Waals surface area contributed by atoms with Crippen molar-refractivity contribution >= 4 is 22.8 Å². The van der Waals surface area contributed by atoms with Crippen LogP contribution in [0.2, 0.25) is 0 Å². The van der Waals surface area contributed by atoms with Crippen molar-refractivity contribution in [1.29, 1.82) is 0 Å². The molecule has 0 N–H and O–H groups in total. The van der Waals surface area contributed by atoms with Crippen molar-refractivity contribution < 1.29 is 4.79 Å². The Labute approximate surface area is 115 Å². The molecule has 0 radical (unpaired) electrons. The molecule has 0 atom stereocenters. The molecule has 0 spiro atoms. The van der Waals surface area contributed by atoms with Crippen LogP contribution in [0.3, 0.4) is 0 Å². The van der Waals surface area contributed by atoms with E-state index in [-0.39, 0.29) is 5.91 Å². The first-order valence-corrected chi connectivity index (χ1v) is 6.44. The van der Waals surface area contributed by atoms with Gasteiger partial charge in [0.2, 0.25) is 0 Å². The van der Waals surface area contributed by atoms with Gasteiger partial charge in [-0.1, -0.05) is 18.2 Å². The molecule has 0 unspecified atom stereocenters. The van der Waals surface area contributed by atoms with Crippen LogP contribution in [-0.2, 0) is 6.54 Å². The van der Waals surface area contributed by atoms with Gasteiger partial charge in [0.15, 0.2) is 5.65 Å². The van der Waals surface area contributed by atoms with Gasteiger partial charge >= 0.3 is 0 Å². The average Bonchev–Trinajstić information content (AvgIpc) is 2.84. The lowest BCUT2D eigenvalue weighted by atomic mass is 10.1. The molecule has 3 aromatic rings. The van der Waals surface area contributed by atoms with Gasteiger partial charge in [-0.3, -0.25) is 9.69 Å². The average molecular weight is 261 g/mol. The predicted molar refractivity (Wildman–Crippen MR) is 76.5 cm³/mol. The molecule has 96 valence electrons. The molecule has 0 aliphatic carbocycles. The van der Waals surface area contributed by atoms with Gasteiger partial charge in [-0.15, -0.1) is 0 Å². The van der Waals surface area contributed by atoms with Crippen molar-refractivity contribution in [2.75, 3.05) is 4.90 Å². The second-order valence-corrected chi connectivity index (χ2v) is 4.77. The van der Waals surface area contributed by atoms with E-state index in [0.29, 0.717) is 18.0 Å². The monoisotopic (exact) mass is 261 g/mol. The molecule has 1 amide bonds. The van der Waals surface area contributed by atoms with E-state index in [4.69, 9.17) is 0 Å². The van der Waals surface area contributed by atoms with Crippen LogP contribution in [-0.4, -0.2) is 15.9 Å². The van der Waals surface area contributed by atoms with Gasteiger partial charge in [0.1, 0.15) is 5.82 Å². The van der Waals surface area contributed by atoms with Gasteiger partial charge in [-0.25, -0.2) is 9.97 Å². The highest BCUT2D eigenvalue weighted by Crippen LogP contribution is 2.27. The molecule has 4 heteroatoms. The van der Waals surface area contributed by atoms with E-state index < -0.39 is 0 Å². The molecular formula is C16H11N3O. The third-order valence-electron chi connectivity index (χ3n) is 3.55. The Morgan fingerprint density at radius 2 is 1.90 bits per heavy atom. The number of carbonyl (C=O) groups is 1. The highest BCUT2D eigenvalue weighted by atomic mass is 16.2. The first-order chi connectivity index (χ1) is 9.83. The number of carbonyl (C=O) groups excluding carboxylic acids is 1. The van der Waals surface area contributed by atoms with Crippen molar-refractivity contribution in [3.8, 4) is 0 Å². The number of nitrogens with zero attached hydrogens (tertiary/aromatic N) is 3. The van der Waals surface area contributed by atoms with Crippen LogP contribution in [0.1, 0.15) is 15.9 Å². The Balaban J connectivity index is 1.80. The summed E-state index contributed by atoms with van der Waals surface area (Å²) in [6.07, 6.45) is 1.71. The number of anilines is 1. The smallest absolute Gasteiger partial charge is 0.260 e. The SMILES string of the molecule is O=C1c2ccccc2CN1c1ccc2cccnc2n1. The molecule has 3 heterocycles. The minimum Gasteiger partial charge on any atom is -0.288 e. The molecule has 0 saturated heterocycles. The summed E-state index contributed by atoms with van der Waals surface area (Å²) in [5.41, 5.74) is 2.46. The van der Waals surface area contributed by atoms with Crippen molar-refractivity contribution in [3.63, 3.8) is 0 Å². The van der Waals surface area contributed by atoms with Gasteiger partial charge in [0, 0.05) is 17.1 Å². The standard InChI is InChI=1S/C16H11N3O/c20-16-13-6-2-1-4-12(13)10-19(16)14-8-7-11-5-3-9-17-15(11)18-14/h1-9H,10H2. The van der Waals surface area contributed by atoms with E-state index in [2.05, 4.69) is 9.97 Å². The largest absolute Gasteiger partial charge is 0.288 e. The van der Waals surface area contributed by atoms with E-state index in [0.717, 1.165) is 16.5 Å². The molecule has 0 saturated carbocycles. The number of hydrogen-bond acceptors (Lipinski definition) is 3. The summed E-state index contributed by atoms with van der Waals surface area (Å²) in [4.78, 5) is 22.8. The third kappa shape index (κ3) is 1.58. The number of amides is 1. The second kappa shape index (κ2) is 4.13. The summed E-state index contributed by atoms with van der Waals surface area (Å²) in [6.45, 7) is 0.570. The Morgan fingerprint density at radius 1 is 1.00 bits per heavy atom. The third-order valence-corrected chi connectivity index (χ3v) is 3.55.